The molecule has 8 bridgehead atoms. The Kier molecular flexibility index (Phi) is 13.1. The standard InChI is InChI=1S/C29H44O7.4C2H6/c30-23(11-33-26-3-19-1-20(4-26)8-28(7-19,17-26)35-15-24-13-31-24)12-34-27-5-21-2-22(6-27)10-29(9-21,18-27)36-16-25-14-32-25;4*1-2/h19-25,30H,1-18H2;4*1-2H3. The number of hydrogen-bond donors (Lipinski definition) is 1. The highest BCUT2D eigenvalue weighted by molar-refractivity contribution is 5.12. The van der Waals surface area contributed by atoms with Crippen molar-refractivity contribution >= 4 is 0 Å². The SMILES string of the molecule is CC.CC.CC.CC.OC(COC12CC3CC(C1)CC(OCC1CO1)(C3)C2)COC12CC3CC(C1)CC(OCC1CO1)(C3)C2. The molecule has 2 aliphatic heterocycles. The maximum absolute atomic E-state index is 11.0. The van der Waals surface area contributed by atoms with Gasteiger partial charge in [-0.3, -0.25) is 0 Å². The fourth-order valence-corrected chi connectivity index (χ4v) is 10.3. The van der Waals surface area contributed by atoms with E-state index in [1.54, 1.807) is 0 Å². The average molecular weight is 625 g/mol. The van der Waals surface area contributed by atoms with Crippen molar-refractivity contribution in [2.45, 2.75) is 173 Å². The maximum atomic E-state index is 11.0. The van der Waals surface area contributed by atoms with Crippen LogP contribution in [0.25, 0.3) is 0 Å². The van der Waals surface area contributed by atoms with E-state index in [1.165, 1.54) is 38.5 Å². The van der Waals surface area contributed by atoms with E-state index in [4.69, 9.17) is 28.4 Å². The first kappa shape index (κ1) is 36.6. The molecule has 7 heteroatoms. The molecule has 0 amide bonds. The number of ether oxygens (including phenoxy) is 6. The third-order valence-corrected chi connectivity index (χ3v) is 11.0. The van der Waals surface area contributed by atoms with E-state index in [9.17, 15) is 5.11 Å². The van der Waals surface area contributed by atoms with E-state index in [-0.39, 0.29) is 22.4 Å². The van der Waals surface area contributed by atoms with Gasteiger partial charge in [-0.05, 0) is 87.9 Å². The highest BCUT2D eigenvalue weighted by atomic mass is 16.6. The summed E-state index contributed by atoms with van der Waals surface area (Å²) in [5, 5.41) is 11.0. The van der Waals surface area contributed by atoms with Gasteiger partial charge in [-0.15, -0.1) is 0 Å². The van der Waals surface area contributed by atoms with Crippen LogP contribution in [0, 0.1) is 23.7 Å². The van der Waals surface area contributed by atoms with Crippen molar-refractivity contribution in [1.82, 2.24) is 0 Å². The monoisotopic (exact) mass is 624 g/mol. The molecule has 1 N–H and O–H groups in total. The summed E-state index contributed by atoms with van der Waals surface area (Å²) in [6.45, 7) is 19.9. The predicted molar refractivity (Wildman–Crippen MR) is 175 cm³/mol. The van der Waals surface area contributed by atoms with Gasteiger partial charge in [0.2, 0.25) is 0 Å². The summed E-state index contributed by atoms with van der Waals surface area (Å²) < 4.78 is 37.1. The molecule has 0 aromatic rings. The van der Waals surface area contributed by atoms with Crippen LogP contribution in [0.5, 0.6) is 0 Å². The van der Waals surface area contributed by atoms with Crippen LogP contribution >= 0.6 is 0 Å². The Bertz CT molecular complexity index is 759. The zero-order valence-electron chi connectivity index (χ0n) is 29.7. The second kappa shape index (κ2) is 15.7. The average Bonchev–Trinajstić information content (AvgIpc) is 3.96. The van der Waals surface area contributed by atoms with Crippen LogP contribution < -0.4 is 0 Å². The largest absolute Gasteiger partial charge is 0.388 e. The molecule has 44 heavy (non-hydrogen) atoms. The molecule has 8 aliphatic carbocycles. The summed E-state index contributed by atoms with van der Waals surface area (Å²) in [6, 6.07) is 0. The minimum Gasteiger partial charge on any atom is -0.388 e. The van der Waals surface area contributed by atoms with Crippen molar-refractivity contribution in [2.75, 3.05) is 39.6 Å². The van der Waals surface area contributed by atoms with Gasteiger partial charge in [0.1, 0.15) is 18.3 Å². The van der Waals surface area contributed by atoms with Gasteiger partial charge >= 0.3 is 0 Å². The van der Waals surface area contributed by atoms with Gasteiger partial charge in [0.05, 0.1) is 62.0 Å². The van der Waals surface area contributed by atoms with Crippen molar-refractivity contribution in [3.8, 4) is 0 Å². The Morgan fingerprint density at radius 3 is 1.07 bits per heavy atom. The molecular formula is C37H68O7. The Morgan fingerprint density at radius 2 is 0.795 bits per heavy atom. The van der Waals surface area contributed by atoms with Crippen LogP contribution in [0.3, 0.4) is 0 Å². The fourth-order valence-electron chi connectivity index (χ4n) is 10.3. The van der Waals surface area contributed by atoms with Crippen molar-refractivity contribution in [3.63, 3.8) is 0 Å². The van der Waals surface area contributed by atoms with Gasteiger partial charge in [0.15, 0.2) is 0 Å². The first-order valence-electron chi connectivity index (χ1n) is 18.9. The molecule has 10 rings (SSSR count). The molecule has 2 saturated heterocycles. The first-order chi connectivity index (χ1) is 21.4. The Morgan fingerprint density at radius 1 is 0.523 bits per heavy atom. The predicted octanol–water partition coefficient (Wildman–Crippen LogP) is 7.50. The molecule has 10 fully saturated rings. The molecular weight excluding hydrogens is 556 g/mol. The van der Waals surface area contributed by atoms with Crippen LogP contribution in [0.2, 0.25) is 0 Å². The number of aliphatic hydroxyl groups is 1. The van der Waals surface area contributed by atoms with Gasteiger partial charge < -0.3 is 33.5 Å². The second-order valence-corrected chi connectivity index (χ2v) is 14.5. The molecule has 7 nitrogen and oxygen atoms in total. The third kappa shape index (κ3) is 8.59. The van der Waals surface area contributed by atoms with Crippen molar-refractivity contribution < 1.29 is 33.5 Å². The van der Waals surface area contributed by atoms with E-state index >= 15 is 0 Å². The van der Waals surface area contributed by atoms with Crippen LogP contribution in [0.15, 0.2) is 0 Å². The minimum atomic E-state index is -0.584. The molecule has 0 radical (unpaired) electrons. The summed E-state index contributed by atoms with van der Waals surface area (Å²) in [5.74, 6) is 2.79. The lowest BCUT2D eigenvalue weighted by Gasteiger charge is -2.61. The highest BCUT2D eigenvalue weighted by Crippen LogP contribution is 2.61. The summed E-state index contributed by atoms with van der Waals surface area (Å²) >= 11 is 0. The molecule has 0 spiro atoms. The molecule has 10 aliphatic rings. The summed E-state index contributed by atoms with van der Waals surface area (Å²) in [4.78, 5) is 0. The topological polar surface area (TPSA) is 82.2 Å². The van der Waals surface area contributed by atoms with Gasteiger partial charge in [-0.25, -0.2) is 0 Å². The quantitative estimate of drug-likeness (QED) is 0.225. The van der Waals surface area contributed by atoms with E-state index in [0.29, 0.717) is 49.1 Å². The maximum Gasteiger partial charge on any atom is 0.104 e. The fraction of sp³-hybridized carbons (Fsp3) is 1.00. The second-order valence-electron chi connectivity index (χ2n) is 14.5. The van der Waals surface area contributed by atoms with E-state index in [2.05, 4.69) is 0 Å². The van der Waals surface area contributed by atoms with Crippen LogP contribution in [0.1, 0.15) is 132 Å². The van der Waals surface area contributed by atoms with Gasteiger partial charge in [0.25, 0.3) is 0 Å². The van der Waals surface area contributed by atoms with E-state index < -0.39 is 6.10 Å². The third-order valence-electron chi connectivity index (χ3n) is 11.0. The van der Waals surface area contributed by atoms with Gasteiger partial charge in [0, 0.05) is 12.8 Å². The van der Waals surface area contributed by atoms with E-state index in [0.717, 1.165) is 65.0 Å². The normalized spacial score (nSPS) is 44.9. The Hall–Kier alpha value is -0.280. The zero-order chi connectivity index (χ0) is 32.0. The zero-order valence-corrected chi connectivity index (χ0v) is 29.7. The Balaban J connectivity index is 0.000000514. The van der Waals surface area contributed by atoms with Crippen LogP contribution in [-0.2, 0) is 28.4 Å². The van der Waals surface area contributed by atoms with Gasteiger partial charge in [-0.1, -0.05) is 55.4 Å². The minimum absolute atomic E-state index is 0.0312. The lowest BCUT2D eigenvalue weighted by atomic mass is 9.52. The Labute approximate surface area is 269 Å². The van der Waals surface area contributed by atoms with Crippen LogP contribution in [0.4, 0.5) is 0 Å². The molecule has 0 aromatic heterocycles. The smallest absolute Gasteiger partial charge is 0.104 e. The molecule has 2 heterocycles. The number of hydrogen-bond acceptors (Lipinski definition) is 7. The number of epoxide rings is 2. The molecule has 6 atom stereocenters. The van der Waals surface area contributed by atoms with Crippen molar-refractivity contribution in [1.29, 1.82) is 0 Å². The summed E-state index contributed by atoms with van der Waals surface area (Å²) in [7, 11) is 0. The van der Waals surface area contributed by atoms with E-state index in [1.807, 2.05) is 55.4 Å². The first-order valence-corrected chi connectivity index (χ1v) is 18.9. The molecule has 6 unspecified atom stereocenters. The molecule has 0 aromatic carbocycles. The van der Waals surface area contributed by atoms with Crippen LogP contribution in [-0.4, -0.2) is 85.5 Å². The summed E-state index contributed by atoms with van der Waals surface area (Å²) in [5.41, 5.74) is -0.315. The van der Waals surface area contributed by atoms with Crippen molar-refractivity contribution in [3.05, 3.63) is 0 Å². The molecule has 8 saturated carbocycles. The lowest BCUT2D eigenvalue weighted by molar-refractivity contribution is -0.255. The molecule has 258 valence electrons. The number of rotatable bonds is 12. The van der Waals surface area contributed by atoms with Gasteiger partial charge in [-0.2, -0.15) is 0 Å². The highest BCUT2D eigenvalue weighted by Gasteiger charge is 2.61. The lowest BCUT2D eigenvalue weighted by Crippen LogP contribution is -2.62. The number of aliphatic hydroxyl groups excluding tert-OH is 1. The van der Waals surface area contributed by atoms with Crippen molar-refractivity contribution in [2.24, 2.45) is 23.7 Å². The summed E-state index contributed by atoms with van der Waals surface area (Å²) in [6.07, 6.45) is 13.8.